The minimum absolute atomic E-state index is 0.0525. The Kier molecular flexibility index (Phi) is 6.77. The van der Waals surface area contributed by atoms with E-state index in [1.54, 1.807) is 11.3 Å². The summed E-state index contributed by atoms with van der Waals surface area (Å²) in [6.45, 7) is 20.7. The fraction of sp³-hybridized carbons (Fsp3) is 0.567. The Morgan fingerprint density at radius 3 is 2.26 bits per heavy atom. The van der Waals surface area contributed by atoms with Gasteiger partial charge in [0.1, 0.15) is 5.58 Å². The summed E-state index contributed by atoms with van der Waals surface area (Å²) in [5, 5.41) is 8.50. The normalized spacial score (nSPS) is 21.2. The molecule has 0 radical (unpaired) electrons. The molecule has 1 N–H and O–H groups in total. The van der Waals surface area contributed by atoms with Gasteiger partial charge in [0.15, 0.2) is 5.43 Å². The van der Waals surface area contributed by atoms with E-state index in [0.29, 0.717) is 27.8 Å². The van der Waals surface area contributed by atoms with E-state index in [9.17, 15) is 4.79 Å². The van der Waals surface area contributed by atoms with Gasteiger partial charge in [0, 0.05) is 35.2 Å². The predicted octanol–water partition coefficient (Wildman–Crippen LogP) is 6.57. The van der Waals surface area contributed by atoms with Crippen LogP contribution < -0.4 is 21.1 Å². The third kappa shape index (κ3) is 4.80. The number of fused-ring (bicyclic) bond motifs is 1. The topological polar surface area (TPSA) is 63.9 Å². The third-order valence-electron chi connectivity index (χ3n) is 8.81. The van der Waals surface area contributed by atoms with Gasteiger partial charge in [0.05, 0.1) is 28.2 Å². The highest BCUT2D eigenvalue weighted by Crippen LogP contribution is 2.39. The average Bonchev–Trinajstić information content (AvgIpc) is 3.37. The van der Waals surface area contributed by atoms with Crippen LogP contribution in [0.25, 0.3) is 11.0 Å². The van der Waals surface area contributed by atoms with Crippen molar-refractivity contribution in [2.24, 2.45) is 5.41 Å². The van der Waals surface area contributed by atoms with Crippen molar-refractivity contribution in [2.45, 2.75) is 92.4 Å². The molecule has 0 aliphatic carbocycles. The second kappa shape index (κ2) is 9.42. The maximum Gasteiger partial charge on any atom is 0.497 e. The van der Waals surface area contributed by atoms with Gasteiger partial charge in [-0.25, -0.2) is 0 Å². The molecule has 1 aromatic carbocycles. The van der Waals surface area contributed by atoms with E-state index in [2.05, 4.69) is 75.5 Å². The highest BCUT2D eigenvalue weighted by atomic mass is 32.1. The van der Waals surface area contributed by atoms with Crippen LogP contribution in [-0.4, -0.2) is 31.4 Å². The second-order valence-electron chi connectivity index (χ2n) is 12.9. The minimum Gasteiger partial charge on any atom is -0.440 e. The summed E-state index contributed by atoms with van der Waals surface area (Å²) in [6, 6.07) is 3.97. The van der Waals surface area contributed by atoms with E-state index >= 15 is 0 Å². The van der Waals surface area contributed by atoms with Gasteiger partial charge in [-0.2, -0.15) is 11.3 Å². The van der Waals surface area contributed by atoms with Crippen molar-refractivity contribution in [1.82, 2.24) is 0 Å². The maximum absolute atomic E-state index is 13.6. The summed E-state index contributed by atoms with van der Waals surface area (Å²) in [6.07, 6.45) is 2.15. The fourth-order valence-electron chi connectivity index (χ4n) is 5.38. The molecular formula is C30H41BN2O4S. The summed E-state index contributed by atoms with van der Waals surface area (Å²) in [5.41, 5.74) is 4.89. The number of hydrogen-bond acceptors (Lipinski definition) is 7. The van der Waals surface area contributed by atoms with Crippen LogP contribution in [0.3, 0.4) is 0 Å². The quantitative estimate of drug-likeness (QED) is 0.372. The first-order valence-electron chi connectivity index (χ1n) is 13.7. The van der Waals surface area contributed by atoms with Crippen molar-refractivity contribution in [2.75, 3.05) is 23.3 Å². The molecule has 2 aromatic heterocycles. The number of aryl methyl sites for hydroxylation is 1. The van der Waals surface area contributed by atoms with E-state index in [0.717, 1.165) is 48.2 Å². The summed E-state index contributed by atoms with van der Waals surface area (Å²) in [4.78, 5) is 15.8. The van der Waals surface area contributed by atoms with E-state index in [-0.39, 0.29) is 11.5 Å². The van der Waals surface area contributed by atoms with Crippen LogP contribution in [0.15, 0.2) is 32.1 Å². The Bertz CT molecular complexity index is 1400. The smallest absolute Gasteiger partial charge is 0.440 e. The molecule has 2 aliphatic rings. The molecule has 204 valence electrons. The highest BCUT2D eigenvalue weighted by Gasteiger charge is 2.52. The molecule has 3 aromatic rings. The number of hydrogen-bond donors (Lipinski definition) is 1. The molecule has 8 heteroatoms. The molecule has 1 unspecified atom stereocenters. The largest absolute Gasteiger partial charge is 0.497 e. The van der Waals surface area contributed by atoms with Gasteiger partial charge in [0.25, 0.3) is 0 Å². The van der Waals surface area contributed by atoms with Crippen LogP contribution in [0.5, 0.6) is 0 Å². The zero-order valence-corrected chi connectivity index (χ0v) is 25.1. The predicted molar refractivity (Wildman–Crippen MR) is 159 cm³/mol. The number of anilines is 2. The van der Waals surface area contributed by atoms with E-state index in [1.165, 1.54) is 0 Å². The maximum atomic E-state index is 13.6. The van der Waals surface area contributed by atoms with Gasteiger partial charge in [0.2, 0.25) is 5.88 Å². The van der Waals surface area contributed by atoms with Crippen molar-refractivity contribution >= 4 is 46.5 Å². The Balaban J connectivity index is 1.50. The van der Waals surface area contributed by atoms with Gasteiger partial charge in [-0.1, -0.05) is 19.9 Å². The Morgan fingerprint density at radius 1 is 1.00 bits per heavy atom. The number of nitrogens with zero attached hydrogens (tertiary/aromatic N) is 1. The Labute approximate surface area is 230 Å². The second-order valence-corrected chi connectivity index (χ2v) is 13.7. The van der Waals surface area contributed by atoms with Crippen LogP contribution in [0.2, 0.25) is 0 Å². The molecule has 0 bridgehead atoms. The number of benzene rings is 1. The minimum atomic E-state index is -0.439. The number of piperidine rings is 1. The molecule has 0 saturated carbocycles. The van der Waals surface area contributed by atoms with Crippen LogP contribution in [0, 0.1) is 19.3 Å². The molecule has 0 spiro atoms. The standard InChI is InChI=1S/C30H41BN2O4S/c1-18-14-21(20(3)32-24-17-38-16-23(24)31-36-29(6,7)30(8,9)37-31)26-22(15-18)25(34)19(2)27(35-26)33-12-10-28(4,5)11-13-33/h14-17,20,32H,10-13H2,1-9H3. The van der Waals surface area contributed by atoms with Crippen molar-refractivity contribution in [3.63, 3.8) is 0 Å². The summed E-state index contributed by atoms with van der Waals surface area (Å²) in [5.74, 6) is 0.712. The Hall–Kier alpha value is -2.29. The van der Waals surface area contributed by atoms with Crippen molar-refractivity contribution in [3.05, 3.63) is 49.8 Å². The molecule has 38 heavy (non-hydrogen) atoms. The van der Waals surface area contributed by atoms with Gasteiger partial charge >= 0.3 is 7.12 Å². The number of rotatable bonds is 5. The molecule has 5 rings (SSSR count). The lowest BCUT2D eigenvalue weighted by Gasteiger charge is -2.37. The van der Waals surface area contributed by atoms with Crippen molar-refractivity contribution in [3.8, 4) is 0 Å². The van der Waals surface area contributed by atoms with Gasteiger partial charge in [-0.3, -0.25) is 4.79 Å². The monoisotopic (exact) mass is 536 g/mol. The lowest BCUT2D eigenvalue weighted by molar-refractivity contribution is 0.00578. The summed E-state index contributed by atoms with van der Waals surface area (Å²) < 4.78 is 19.3. The summed E-state index contributed by atoms with van der Waals surface area (Å²) in [7, 11) is -0.439. The molecule has 1 atom stereocenters. The average molecular weight is 537 g/mol. The summed E-state index contributed by atoms with van der Waals surface area (Å²) >= 11 is 1.62. The van der Waals surface area contributed by atoms with Crippen LogP contribution in [-0.2, 0) is 9.31 Å². The fourth-order valence-corrected chi connectivity index (χ4v) is 6.18. The van der Waals surface area contributed by atoms with Crippen LogP contribution in [0.1, 0.15) is 84.0 Å². The number of thiophene rings is 1. The molecule has 6 nitrogen and oxygen atoms in total. The van der Waals surface area contributed by atoms with Gasteiger partial charge < -0.3 is 23.9 Å². The lowest BCUT2D eigenvalue weighted by atomic mass is 9.80. The van der Waals surface area contributed by atoms with Crippen LogP contribution >= 0.6 is 11.3 Å². The molecule has 2 saturated heterocycles. The molecule has 2 fully saturated rings. The number of nitrogens with one attached hydrogen (secondary N) is 1. The first-order valence-corrected chi connectivity index (χ1v) is 14.6. The van der Waals surface area contributed by atoms with E-state index in [4.69, 9.17) is 13.7 Å². The zero-order valence-electron chi connectivity index (χ0n) is 24.3. The van der Waals surface area contributed by atoms with E-state index < -0.39 is 18.3 Å². The van der Waals surface area contributed by atoms with E-state index in [1.807, 2.05) is 19.9 Å². The van der Waals surface area contributed by atoms with Crippen molar-refractivity contribution in [1.29, 1.82) is 0 Å². The lowest BCUT2D eigenvalue weighted by Crippen LogP contribution is -2.41. The van der Waals surface area contributed by atoms with Gasteiger partial charge in [-0.05, 0) is 83.7 Å². The third-order valence-corrected chi connectivity index (χ3v) is 9.57. The van der Waals surface area contributed by atoms with Crippen molar-refractivity contribution < 1.29 is 13.7 Å². The molecule has 4 heterocycles. The SMILES string of the molecule is Cc1cc(C(C)Nc2cscc2B2OC(C)(C)C(C)(C)O2)c2oc(N3CCC(C)(C)CC3)c(C)c(=O)c2c1. The van der Waals surface area contributed by atoms with Crippen LogP contribution in [0.4, 0.5) is 11.6 Å². The first-order chi connectivity index (χ1) is 17.7. The molecular weight excluding hydrogens is 495 g/mol. The zero-order chi connectivity index (χ0) is 27.6. The van der Waals surface area contributed by atoms with Gasteiger partial charge in [-0.15, -0.1) is 0 Å². The highest BCUT2D eigenvalue weighted by molar-refractivity contribution is 7.10. The molecule has 0 amide bonds. The first kappa shape index (κ1) is 27.3. The molecule has 2 aliphatic heterocycles. The Morgan fingerprint density at radius 2 is 1.63 bits per heavy atom.